The summed E-state index contributed by atoms with van der Waals surface area (Å²) in [5, 5.41) is 0. The summed E-state index contributed by atoms with van der Waals surface area (Å²) in [5.74, 6) is 7.93. The van der Waals surface area contributed by atoms with Crippen LogP contribution in [0.3, 0.4) is 0 Å². The lowest BCUT2D eigenvalue weighted by molar-refractivity contribution is 0.244. The van der Waals surface area contributed by atoms with Crippen LogP contribution in [-0.2, 0) is 0 Å². The van der Waals surface area contributed by atoms with Crippen LogP contribution in [0.1, 0.15) is 29.5 Å². The Labute approximate surface area is 124 Å². The summed E-state index contributed by atoms with van der Waals surface area (Å²) < 4.78 is 11.2. The first-order valence-electron chi connectivity index (χ1n) is 7.16. The normalized spacial score (nSPS) is 18.5. The molecule has 4 nitrogen and oxygen atoms in total. The van der Waals surface area contributed by atoms with Crippen molar-refractivity contribution in [2.75, 3.05) is 13.7 Å². The van der Waals surface area contributed by atoms with Crippen LogP contribution in [0, 0.1) is 0 Å². The average molecular weight is 284 g/mol. The number of rotatable bonds is 4. The molecule has 1 aliphatic heterocycles. The first kappa shape index (κ1) is 13.9. The number of benzene rings is 2. The highest BCUT2D eigenvalue weighted by Crippen LogP contribution is 2.42. The zero-order chi connectivity index (χ0) is 14.7. The number of fused-ring (bicyclic) bond motifs is 1. The Bertz CT molecular complexity index is 615. The molecule has 0 amide bonds. The molecule has 21 heavy (non-hydrogen) atoms. The summed E-state index contributed by atoms with van der Waals surface area (Å²) in [6.45, 7) is 0.703. The van der Waals surface area contributed by atoms with Gasteiger partial charge in [0.25, 0.3) is 0 Å². The molecule has 2 unspecified atom stereocenters. The van der Waals surface area contributed by atoms with Crippen molar-refractivity contribution in [3.8, 4) is 11.5 Å². The smallest absolute Gasteiger partial charge is 0.123 e. The van der Waals surface area contributed by atoms with E-state index < -0.39 is 0 Å². The maximum atomic E-state index is 5.87. The molecular weight excluding hydrogens is 264 g/mol. The van der Waals surface area contributed by atoms with Crippen molar-refractivity contribution in [2.45, 2.75) is 18.4 Å². The van der Waals surface area contributed by atoms with E-state index in [9.17, 15) is 0 Å². The molecule has 110 valence electrons. The first-order valence-corrected chi connectivity index (χ1v) is 7.16. The van der Waals surface area contributed by atoms with Crippen LogP contribution >= 0.6 is 0 Å². The molecule has 0 aromatic heterocycles. The third-order valence-electron chi connectivity index (χ3n) is 4.06. The van der Waals surface area contributed by atoms with E-state index in [0.717, 1.165) is 23.5 Å². The SMILES string of the molecule is COc1ccccc1C(NN)C1CCOc2ccccc21. The summed E-state index contributed by atoms with van der Waals surface area (Å²) >= 11 is 0. The van der Waals surface area contributed by atoms with E-state index in [1.165, 1.54) is 5.56 Å². The molecule has 0 saturated heterocycles. The lowest BCUT2D eigenvalue weighted by Crippen LogP contribution is -2.35. The second-order valence-electron chi connectivity index (χ2n) is 5.17. The Morgan fingerprint density at radius 2 is 1.95 bits per heavy atom. The van der Waals surface area contributed by atoms with E-state index in [2.05, 4.69) is 17.6 Å². The van der Waals surface area contributed by atoms with E-state index in [-0.39, 0.29) is 12.0 Å². The molecular formula is C17H20N2O2. The van der Waals surface area contributed by atoms with Crippen molar-refractivity contribution >= 4 is 0 Å². The minimum Gasteiger partial charge on any atom is -0.496 e. The molecule has 0 radical (unpaired) electrons. The Hall–Kier alpha value is -2.04. The second kappa shape index (κ2) is 6.16. The molecule has 0 aliphatic carbocycles. The standard InChI is InChI=1S/C17H20N2O2/c1-20-15-8-4-3-7-14(15)17(19-18)13-10-11-21-16-9-5-2-6-12(13)16/h2-9,13,17,19H,10-11,18H2,1H3. The monoisotopic (exact) mass is 284 g/mol. The molecule has 0 spiro atoms. The maximum Gasteiger partial charge on any atom is 0.123 e. The van der Waals surface area contributed by atoms with Gasteiger partial charge in [-0.3, -0.25) is 11.3 Å². The van der Waals surface area contributed by atoms with Gasteiger partial charge >= 0.3 is 0 Å². The van der Waals surface area contributed by atoms with Gasteiger partial charge in [0.15, 0.2) is 0 Å². The Morgan fingerprint density at radius 1 is 1.19 bits per heavy atom. The molecule has 3 rings (SSSR count). The van der Waals surface area contributed by atoms with Crippen molar-refractivity contribution in [1.82, 2.24) is 5.43 Å². The van der Waals surface area contributed by atoms with Crippen LogP contribution in [0.2, 0.25) is 0 Å². The first-order chi connectivity index (χ1) is 10.3. The summed E-state index contributed by atoms with van der Waals surface area (Å²) in [4.78, 5) is 0. The highest BCUT2D eigenvalue weighted by atomic mass is 16.5. The quantitative estimate of drug-likeness (QED) is 0.669. The zero-order valence-corrected chi connectivity index (χ0v) is 12.1. The fraction of sp³-hybridized carbons (Fsp3) is 0.294. The van der Waals surface area contributed by atoms with Crippen molar-refractivity contribution in [1.29, 1.82) is 0 Å². The molecule has 3 N–H and O–H groups in total. The number of ether oxygens (including phenoxy) is 2. The van der Waals surface area contributed by atoms with Crippen molar-refractivity contribution in [3.63, 3.8) is 0 Å². The molecule has 0 bridgehead atoms. The number of hydrogen-bond donors (Lipinski definition) is 2. The number of para-hydroxylation sites is 2. The number of nitrogens with one attached hydrogen (secondary N) is 1. The maximum absolute atomic E-state index is 5.87. The highest BCUT2D eigenvalue weighted by molar-refractivity contribution is 5.43. The Balaban J connectivity index is 2.01. The molecule has 1 heterocycles. The predicted octanol–water partition coefficient (Wildman–Crippen LogP) is 2.77. The third kappa shape index (κ3) is 2.60. The van der Waals surface area contributed by atoms with E-state index >= 15 is 0 Å². The van der Waals surface area contributed by atoms with Gasteiger partial charge in [-0.1, -0.05) is 36.4 Å². The Kier molecular flexibility index (Phi) is 4.08. The third-order valence-corrected chi connectivity index (χ3v) is 4.06. The largest absolute Gasteiger partial charge is 0.496 e. The molecule has 1 aliphatic rings. The van der Waals surface area contributed by atoms with Crippen molar-refractivity contribution in [3.05, 3.63) is 59.7 Å². The van der Waals surface area contributed by atoms with Crippen molar-refractivity contribution in [2.24, 2.45) is 5.84 Å². The molecule has 0 fully saturated rings. The molecule has 0 saturated carbocycles. The van der Waals surface area contributed by atoms with Crippen LogP contribution in [0.4, 0.5) is 0 Å². The minimum atomic E-state index is -0.00815. The van der Waals surface area contributed by atoms with E-state index in [1.54, 1.807) is 7.11 Å². The van der Waals surface area contributed by atoms with Crippen LogP contribution in [-0.4, -0.2) is 13.7 Å². The molecule has 2 aromatic carbocycles. The predicted molar refractivity (Wildman–Crippen MR) is 82.4 cm³/mol. The fourth-order valence-electron chi connectivity index (χ4n) is 3.06. The number of methoxy groups -OCH3 is 1. The fourth-order valence-corrected chi connectivity index (χ4v) is 3.06. The molecule has 2 atom stereocenters. The molecule has 4 heteroatoms. The van der Waals surface area contributed by atoms with E-state index in [1.807, 2.05) is 36.4 Å². The topological polar surface area (TPSA) is 56.5 Å². The van der Waals surface area contributed by atoms with Gasteiger partial charge in [0.2, 0.25) is 0 Å². The summed E-state index contributed by atoms with van der Waals surface area (Å²) in [7, 11) is 1.68. The highest BCUT2D eigenvalue weighted by Gasteiger charge is 2.30. The van der Waals surface area contributed by atoms with Crippen LogP contribution in [0.25, 0.3) is 0 Å². The van der Waals surface area contributed by atoms with Crippen molar-refractivity contribution < 1.29 is 9.47 Å². The lowest BCUT2D eigenvalue weighted by atomic mass is 9.83. The minimum absolute atomic E-state index is 0.00815. The summed E-state index contributed by atoms with van der Waals surface area (Å²) in [6, 6.07) is 16.1. The zero-order valence-electron chi connectivity index (χ0n) is 12.1. The van der Waals surface area contributed by atoms with Gasteiger partial charge in [0, 0.05) is 11.5 Å². The van der Waals surface area contributed by atoms with E-state index in [0.29, 0.717) is 6.61 Å². The van der Waals surface area contributed by atoms with E-state index in [4.69, 9.17) is 15.3 Å². The summed E-state index contributed by atoms with van der Waals surface area (Å²) in [5.41, 5.74) is 5.23. The lowest BCUT2D eigenvalue weighted by Gasteiger charge is -2.32. The van der Waals surface area contributed by atoms with Crippen LogP contribution in [0.5, 0.6) is 11.5 Å². The Morgan fingerprint density at radius 3 is 2.76 bits per heavy atom. The van der Waals surface area contributed by atoms with Crippen LogP contribution < -0.4 is 20.7 Å². The van der Waals surface area contributed by atoms with Gasteiger partial charge in [-0.05, 0) is 24.1 Å². The van der Waals surface area contributed by atoms with Gasteiger partial charge < -0.3 is 9.47 Å². The van der Waals surface area contributed by atoms with Gasteiger partial charge in [-0.2, -0.15) is 0 Å². The number of nitrogens with two attached hydrogens (primary N) is 1. The van der Waals surface area contributed by atoms with Gasteiger partial charge in [-0.25, -0.2) is 0 Å². The van der Waals surface area contributed by atoms with Gasteiger partial charge in [0.05, 0.1) is 19.8 Å². The van der Waals surface area contributed by atoms with Crippen LogP contribution in [0.15, 0.2) is 48.5 Å². The number of hydrazine groups is 1. The van der Waals surface area contributed by atoms with Gasteiger partial charge in [0.1, 0.15) is 11.5 Å². The second-order valence-corrected chi connectivity index (χ2v) is 5.17. The summed E-state index contributed by atoms with van der Waals surface area (Å²) in [6.07, 6.45) is 0.921. The number of hydrogen-bond acceptors (Lipinski definition) is 4. The van der Waals surface area contributed by atoms with Gasteiger partial charge in [-0.15, -0.1) is 0 Å². The molecule has 2 aromatic rings. The average Bonchev–Trinajstić information content (AvgIpc) is 2.56.